The number of hydrogen-bond acceptors (Lipinski definition) is 3. The number of aryl methyl sites for hydroxylation is 2. The summed E-state index contributed by atoms with van der Waals surface area (Å²) in [6.07, 6.45) is -0.490. The SMILES string of the molecule is CNCC(O)c1cc(C)c(OCc2ccccc2)c(C)c1. The first-order chi connectivity index (χ1) is 10.1. The highest BCUT2D eigenvalue weighted by molar-refractivity contribution is 5.44. The van der Waals surface area contributed by atoms with E-state index in [1.807, 2.05) is 51.2 Å². The second-order valence-electron chi connectivity index (χ2n) is 5.33. The molecule has 0 bridgehead atoms. The summed E-state index contributed by atoms with van der Waals surface area (Å²) in [7, 11) is 1.83. The van der Waals surface area contributed by atoms with Crippen molar-refractivity contribution in [1.82, 2.24) is 5.32 Å². The van der Waals surface area contributed by atoms with Crippen molar-refractivity contribution in [1.29, 1.82) is 0 Å². The fraction of sp³-hybridized carbons (Fsp3) is 0.333. The number of hydrogen-bond donors (Lipinski definition) is 2. The van der Waals surface area contributed by atoms with Crippen molar-refractivity contribution < 1.29 is 9.84 Å². The van der Waals surface area contributed by atoms with Gasteiger partial charge in [0, 0.05) is 6.54 Å². The van der Waals surface area contributed by atoms with Gasteiger partial charge in [0.05, 0.1) is 6.10 Å². The fourth-order valence-corrected chi connectivity index (χ4v) is 2.44. The van der Waals surface area contributed by atoms with Crippen molar-refractivity contribution in [2.75, 3.05) is 13.6 Å². The molecule has 1 atom stereocenters. The van der Waals surface area contributed by atoms with Crippen LogP contribution in [0, 0.1) is 13.8 Å². The van der Waals surface area contributed by atoms with Gasteiger partial charge in [-0.15, -0.1) is 0 Å². The molecule has 0 saturated carbocycles. The Labute approximate surface area is 126 Å². The maximum absolute atomic E-state index is 10.1. The van der Waals surface area contributed by atoms with Crippen LogP contribution in [-0.4, -0.2) is 18.7 Å². The van der Waals surface area contributed by atoms with E-state index in [1.54, 1.807) is 0 Å². The Morgan fingerprint density at radius 2 is 1.71 bits per heavy atom. The predicted octanol–water partition coefficient (Wildman–Crippen LogP) is 3.14. The van der Waals surface area contributed by atoms with Gasteiger partial charge in [-0.3, -0.25) is 0 Å². The molecule has 112 valence electrons. The maximum atomic E-state index is 10.1. The van der Waals surface area contributed by atoms with Crippen LogP contribution >= 0.6 is 0 Å². The summed E-state index contributed by atoms with van der Waals surface area (Å²) in [6.45, 7) is 5.13. The minimum atomic E-state index is -0.490. The first-order valence-corrected chi connectivity index (χ1v) is 7.22. The van der Waals surface area contributed by atoms with Gasteiger partial charge < -0.3 is 15.2 Å². The van der Waals surface area contributed by atoms with E-state index in [2.05, 4.69) is 17.4 Å². The molecule has 0 fully saturated rings. The topological polar surface area (TPSA) is 41.5 Å². The van der Waals surface area contributed by atoms with Gasteiger partial charge in [0.1, 0.15) is 12.4 Å². The van der Waals surface area contributed by atoms with Gasteiger partial charge in [-0.2, -0.15) is 0 Å². The van der Waals surface area contributed by atoms with Crippen LogP contribution in [0.25, 0.3) is 0 Å². The maximum Gasteiger partial charge on any atom is 0.125 e. The standard InChI is InChI=1S/C18H23NO2/c1-13-9-16(17(20)11-19-3)10-14(2)18(13)21-12-15-7-5-4-6-8-15/h4-10,17,19-20H,11-12H2,1-3H3. The zero-order valence-electron chi connectivity index (χ0n) is 12.9. The number of aliphatic hydroxyl groups is 1. The number of likely N-dealkylation sites (N-methyl/N-ethyl adjacent to an activating group) is 1. The average Bonchev–Trinajstić information content (AvgIpc) is 2.47. The van der Waals surface area contributed by atoms with E-state index in [1.165, 1.54) is 0 Å². The van der Waals surface area contributed by atoms with E-state index in [9.17, 15) is 5.11 Å². The molecule has 0 radical (unpaired) electrons. The summed E-state index contributed by atoms with van der Waals surface area (Å²) in [5.41, 5.74) is 4.18. The van der Waals surface area contributed by atoms with E-state index in [4.69, 9.17) is 4.74 Å². The molecule has 0 aromatic heterocycles. The van der Waals surface area contributed by atoms with Crippen LogP contribution in [-0.2, 0) is 6.61 Å². The van der Waals surface area contributed by atoms with Gasteiger partial charge in [0.2, 0.25) is 0 Å². The molecule has 1 unspecified atom stereocenters. The Morgan fingerprint density at radius 1 is 1.10 bits per heavy atom. The van der Waals surface area contributed by atoms with Gasteiger partial charge in [-0.05, 0) is 55.3 Å². The summed E-state index contributed by atoms with van der Waals surface area (Å²) in [5.74, 6) is 0.902. The Hall–Kier alpha value is -1.84. The Morgan fingerprint density at radius 3 is 2.29 bits per heavy atom. The highest BCUT2D eigenvalue weighted by atomic mass is 16.5. The molecule has 3 nitrogen and oxygen atoms in total. The van der Waals surface area contributed by atoms with Crippen LogP contribution in [0.3, 0.4) is 0 Å². The molecular weight excluding hydrogens is 262 g/mol. The van der Waals surface area contributed by atoms with Crippen LogP contribution in [0.15, 0.2) is 42.5 Å². The predicted molar refractivity (Wildman–Crippen MR) is 85.6 cm³/mol. The molecule has 0 heterocycles. The largest absolute Gasteiger partial charge is 0.488 e. The fourth-order valence-electron chi connectivity index (χ4n) is 2.44. The highest BCUT2D eigenvalue weighted by Crippen LogP contribution is 2.28. The monoisotopic (exact) mass is 285 g/mol. The summed E-state index contributed by atoms with van der Waals surface area (Å²) in [5, 5.41) is 13.0. The third kappa shape index (κ3) is 4.06. The normalized spacial score (nSPS) is 12.2. The second-order valence-corrected chi connectivity index (χ2v) is 5.33. The summed E-state index contributed by atoms with van der Waals surface area (Å²) in [4.78, 5) is 0. The Balaban J connectivity index is 2.13. The van der Waals surface area contributed by atoms with E-state index in [0.29, 0.717) is 13.2 Å². The lowest BCUT2D eigenvalue weighted by Gasteiger charge is -2.17. The lowest BCUT2D eigenvalue weighted by atomic mass is 10.0. The van der Waals surface area contributed by atoms with Crippen molar-refractivity contribution in [3.63, 3.8) is 0 Å². The van der Waals surface area contributed by atoms with Crippen LogP contribution in [0.2, 0.25) is 0 Å². The molecule has 0 aliphatic rings. The van der Waals surface area contributed by atoms with Crippen LogP contribution < -0.4 is 10.1 Å². The van der Waals surface area contributed by atoms with Crippen molar-refractivity contribution in [2.24, 2.45) is 0 Å². The number of ether oxygens (including phenoxy) is 1. The molecule has 2 N–H and O–H groups in total. The van der Waals surface area contributed by atoms with Gasteiger partial charge in [0.25, 0.3) is 0 Å². The first kappa shape index (κ1) is 15.5. The molecule has 0 aliphatic carbocycles. The van der Waals surface area contributed by atoms with Gasteiger partial charge in [0.15, 0.2) is 0 Å². The quantitative estimate of drug-likeness (QED) is 0.857. The van der Waals surface area contributed by atoms with E-state index < -0.39 is 6.10 Å². The first-order valence-electron chi connectivity index (χ1n) is 7.22. The molecule has 0 spiro atoms. The van der Waals surface area contributed by atoms with E-state index in [-0.39, 0.29) is 0 Å². The van der Waals surface area contributed by atoms with E-state index >= 15 is 0 Å². The molecule has 0 aliphatic heterocycles. The summed E-state index contributed by atoms with van der Waals surface area (Å²) < 4.78 is 5.95. The molecule has 2 aromatic rings. The summed E-state index contributed by atoms with van der Waals surface area (Å²) in [6, 6.07) is 14.1. The molecule has 0 saturated heterocycles. The zero-order valence-corrected chi connectivity index (χ0v) is 12.9. The number of rotatable bonds is 6. The van der Waals surface area contributed by atoms with Crippen LogP contribution in [0.5, 0.6) is 5.75 Å². The van der Waals surface area contributed by atoms with Crippen molar-refractivity contribution in [3.05, 3.63) is 64.7 Å². The van der Waals surface area contributed by atoms with Crippen molar-refractivity contribution in [3.8, 4) is 5.75 Å². The van der Waals surface area contributed by atoms with Crippen molar-refractivity contribution >= 4 is 0 Å². The minimum Gasteiger partial charge on any atom is -0.488 e. The highest BCUT2D eigenvalue weighted by Gasteiger charge is 2.12. The van der Waals surface area contributed by atoms with Crippen molar-refractivity contribution in [2.45, 2.75) is 26.6 Å². The number of nitrogens with one attached hydrogen (secondary N) is 1. The lowest BCUT2D eigenvalue weighted by molar-refractivity contribution is 0.177. The van der Waals surface area contributed by atoms with Crippen LogP contribution in [0.1, 0.15) is 28.4 Å². The van der Waals surface area contributed by atoms with E-state index in [0.717, 1.165) is 28.0 Å². The van der Waals surface area contributed by atoms with Gasteiger partial charge >= 0.3 is 0 Å². The third-order valence-electron chi connectivity index (χ3n) is 3.49. The molecule has 3 heteroatoms. The Bertz CT molecular complexity index is 558. The zero-order chi connectivity index (χ0) is 15.2. The average molecular weight is 285 g/mol. The summed E-state index contributed by atoms with van der Waals surface area (Å²) >= 11 is 0. The second kappa shape index (κ2) is 7.25. The smallest absolute Gasteiger partial charge is 0.125 e. The molecule has 2 aromatic carbocycles. The number of aliphatic hydroxyl groups excluding tert-OH is 1. The molecule has 2 rings (SSSR count). The molecular formula is C18H23NO2. The van der Waals surface area contributed by atoms with Gasteiger partial charge in [-0.1, -0.05) is 30.3 Å². The Kier molecular flexibility index (Phi) is 5.37. The molecule has 0 amide bonds. The van der Waals surface area contributed by atoms with Crippen LogP contribution in [0.4, 0.5) is 0 Å². The van der Waals surface area contributed by atoms with Gasteiger partial charge in [-0.25, -0.2) is 0 Å². The molecule has 21 heavy (non-hydrogen) atoms. The minimum absolute atomic E-state index is 0.490. The lowest BCUT2D eigenvalue weighted by Crippen LogP contribution is -2.17. The number of benzene rings is 2. The third-order valence-corrected chi connectivity index (χ3v) is 3.49.